The van der Waals surface area contributed by atoms with Crippen molar-refractivity contribution >= 4 is 16.9 Å². The maximum absolute atomic E-state index is 14.4. The zero-order valence-electron chi connectivity index (χ0n) is 14.2. The number of benzene rings is 1. The summed E-state index contributed by atoms with van der Waals surface area (Å²) in [6.07, 6.45) is 4.27. The van der Waals surface area contributed by atoms with Crippen molar-refractivity contribution in [2.24, 2.45) is 0 Å². The zero-order valence-corrected chi connectivity index (χ0v) is 14.2. The number of aromatic nitrogens is 4. The molecule has 0 atom stereocenters. The predicted octanol–water partition coefficient (Wildman–Crippen LogP) is 2.61. The van der Waals surface area contributed by atoms with Crippen LogP contribution in [0.3, 0.4) is 0 Å². The van der Waals surface area contributed by atoms with E-state index in [2.05, 4.69) is 10.1 Å². The topological polar surface area (TPSA) is 90.0 Å². The lowest BCUT2D eigenvalue weighted by Crippen LogP contribution is -2.21. The van der Waals surface area contributed by atoms with E-state index >= 15 is 0 Å². The number of halogens is 2. The Balaban J connectivity index is 1.91. The molecule has 0 radical (unpaired) electrons. The van der Waals surface area contributed by atoms with Crippen molar-refractivity contribution in [3.05, 3.63) is 88.1 Å². The van der Waals surface area contributed by atoms with E-state index in [9.17, 15) is 23.5 Å². The first-order valence-corrected chi connectivity index (χ1v) is 8.16. The molecular weight excluding hydrogens is 370 g/mol. The van der Waals surface area contributed by atoms with Crippen molar-refractivity contribution in [3.63, 3.8) is 0 Å². The van der Waals surface area contributed by atoms with Crippen molar-refractivity contribution in [3.8, 4) is 5.82 Å². The fraction of sp³-hybridized carbons (Fsp3) is 0.0526. The average molecular weight is 382 g/mol. The summed E-state index contributed by atoms with van der Waals surface area (Å²) >= 11 is 0. The Morgan fingerprint density at radius 2 is 1.89 bits per heavy atom. The second-order valence-corrected chi connectivity index (χ2v) is 6.00. The van der Waals surface area contributed by atoms with E-state index < -0.39 is 34.0 Å². The first-order valence-electron chi connectivity index (χ1n) is 8.16. The van der Waals surface area contributed by atoms with Gasteiger partial charge in [-0.05, 0) is 30.3 Å². The molecule has 9 heteroatoms. The molecule has 0 aliphatic rings. The van der Waals surface area contributed by atoms with E-state index in [-0.39, 0.29) is 12.1 Å². The Morgan fingerprint density at radius 3 is 2.61 bits per heavy atom. The van der Waals surface area contributed by atoms with Gasteiger partial charge >= 0.3 is 5.97 Å². The summed E-state index contributed by atoms with van der Waals surface area (Å²) in [4.78, 5) is 28.2. The van der Waals surface area contributed by atoms with Gasteiger partial charge in [0.25, 0.3) is 0 Å². The number of carboxylic acids is 1. The van der Waals surface area contributed by atoms with Gasteiger partial charge in [0.2, 0.25) is 5.43 Å². The number of pyridine rings is 2. The smallest absolute Gasteiger partial charge is 0.341 e. The minimum absolute atomic E-state index is 0.0768. The monoisotopic (exact) mass is 382 g/mol. The highest BCUT2D eigenvalue weighted by atomic mass is 19.1. The van der Waals surface area contributed by atoms with Gasteiger partial charge in [-0.15, -0.1) is 0 Å². The Hall–Kier alpha value is -3.88. The van der Waals surface area contributed by atoms with Gasteiger partial charge in [0.1, 0.15) is 17.2 Å². The van der Waals surface area contributed by atoms with Gasteiger partial charge in [-0.3, -0.25) is 4.79 Å². The maximum atomic E-state index is 14.4. The zero-order chi connectivity index (χ0) is 19.8. The second kappa shape index (κ2) is 6.69. The van der Waals surface area contributed by atoms with Gasteiger partial charge in [0.15, 0.2) is 5.82 Å². The molecule has 0 bridgehead atoms. The summed E-state index contributed by atoms with van der Waals surface area (Å²) in [5, 5.41) is 12.8. The highest BCUT2D eigenvalue weighted by molar-refractivity contribution is 5.92. The fourth-order valence-electron chi connectivity index (χ4n) is 2.99. The third-order valence-electron chi connectivity index (χ3n) is 4.22. The summed E-state index contributed by atoms with van der Waals surface area (Å²) in [5.74, 6) is -2.86. The van der Waals surface area contributed by atoms with Gasteiger partial charge in [-0.2, -0.15) is 5.10 Å². The number of aromatic carboxylic acids is 1. The standard InChI is InChI=1S/C19H12F2N4O3/c20-13-5-6-14(21)17-16(13)18(26)12(19(27)28)10-24(17)9-11-3-1-4-15(23-11)25-8-2-7-22-25/h1-8,10H,9H2,(H,27,28). The summed E-state index contributed by atoms with van der Waals surface area (Å²) in [5.41, 5.74) is -1.60. The Morgan fingerprint density at radius 1 is 1.11 bits per heavy atom. The van der Waals surface area contributed by atoms with Crippen LogP contribution in [0.5, 0.6) is 0 Å². The number of carboxylic acid groups (broad SMARTS) is 1. The Kier molecular flexibility index (Phi) is 4.19. The van der Waals surface area contributed by atoms with Crippen LogP contribution in [-0.4, -0.2) is 30.4 Å². The second-order valence-electron chi connectivity index (χ2n) is 6.00. The van der Waals surface area contributed by atoms with E-state index in [1.807, 2.05) is 0 Å². The van der Waals surface area contributed by atoms with Crippen LogP contribution >= 0.6 is 0 Å². The number of hydrogen-bond acceptors (Lipinski definition) is 4. The molecule has 4 aromatic rings. The number of hydrogen-bond donors (Lipinski definition) is 1. The van der Waals surface area contributed by atoms with E-state index in [0.717, 1.165) is 18.3 Å². The average Bonchev–Trinajstić information content (AvgIpc) is 3.21. The lowest BCUT2D eigenvalue weighted by molar-refractivity contribution is 0.0695. The lowest BCUT2D eigenvalue weighted by atomic mass is 10.1. The van der Waals surface area contributed by atoms with Crippen LogP contribution in [0.4, 0.5) is 8.78 Å². The van der Waals surface area contributed by atoms with E-state index in [4.69, 9.17) is 0 Å². The van der Waals surface area contributed by atoms with Crippen LogP contribution in [0.1, 0.15) is 16.1 Å². The van der Waals surface area contributed by atoms with Crippen molar-refractivity contribution in [2.75, 3.05) is 0 Å². The van der Waals surface area contributed by atoms with Crippen LogP contribution < -0.4 is 5.43 Å². The molecule has 0 fully saturated rings. The molecule has 3 heterocycles. The number of rotatable bonds is 4. The van der Waals surface area contributed by atoms with Crippen molar-refractivity contribution in [1.82, 2.24) is 19.3 Å². The third kappa shape index (κ3) is 2.92. The first-order chi connectivity index (χ1) is 13.5. The number of carbonyl (C=O) groups is 1. The lowest BCUT2D eigenvalue weighted by Gasteiger charge is -2.14. The molecule has 7 nitrogen and oxygen atoms in total. The fourth-order valence-corrected chi connectivity index (χ4v) is 2.99. The molecule has 28 heavy (non-hydrogen) atoms. The summed E-state index contributed by atoms with van der Waals surface area (Å²) in [7, 11) is 0. The highest BCUT2D eigenvalue weighted by Crippen LogP contribution is 2.20. The quantitative estimate of drug-likeness (QED) is 0.586. The van der Waals surface area contributed by atoms with Gasteiger partial charge in [-0.1, -0.05) is 6.07 Å². The van der Waals surface area contributed by atoms with Crippen molar-refractivity contribution in [2.45, 2.75) is 6.54 Å². The van der Waals surface area contributed by atoms with Gasteiger partial charge in [0.05, 0.1) is 23.1 Å². The van der Waals surface area contributed by atoms with E-state index in [1.165, 1.54) is 9.25 Å². The Labute approximate surface area is 156 Å². The molecule has 0 aliphatic carbocycles. The van der Waals surface area contributed by atoms with Gasteiger partial charge < -0.3 is 9.67 Å². The van der Waals surface area contributed by atoms with Gasteiger partial charge in [-0.25, -0.2) is 23.2 Å². The van der Waals surface area contributed by atoms with Crippen LogP contribution in [0.15, 0.2) is 59.8 Å². The van der Waals surface area contributed by atoms with Gasteiger partial charge in [0, 0.05) is 18.6 Å². The van der Waals surface area contributed by atoms with Crippen molar-refractivity contribution in [1.29, 1.82) is 0 Å². The van der Waals surface area contributed by atoms with Crippen LogP contribution in [-0.2, 0) is 6.54 Å². The minimum Gasteiger partial charge on any atom is -0.477 e. The predicted molar refractivity (Wildman–Crippen MR) is 95.5 cm³/mol. The molecule has 140 valence electrons. The normalized spacial score (nSPS) is 11.1. The van der Waals surface area contributed by atoms with E-state index in [1.54, 1.807) is 36.7 Å². The van der Waals surface area contributed by atoms with Crippen LogP contribution in [0.2, 0.25) is 0 Å². The molecule has 1 N–H and O–H groups in total. The summed E-state index contributed by atoms with van der Waals surface area (Å²) in [6, 6.07) is 8.48. The number of fused-ring (bicyclic) bond motifs is 1. The SMILES string of the molecule is O=C(O)c1cn(Cc2cccc(-n3cccn3)n2)c2c(F)ccc(F)c2c1=O. The molecule has 0 unspecified atom stereocenters. The summed E-state index contributed by atoms with van der Waals surface area (Å²) < 4.78 is 31.4. The maximum Gasteiger partial charge on any atom is 0.341 e. The van der Waals surface area contributed by atoms with Crippen LogP contribution in [0.25, 0.3) is 16.7 Å². The van der Waals surface area contributed by atoms with Crippen LogP contribution in [0, 0.1) is 11.6 Å². The molecule has 0 aliphatic heterocycles. The molecule has 0 saturated heterocycles. The minimum atomic E-state index is -1.53. The molecule has 0 saturated carbocycles. The molecule has 3 aromatic heterocycles. The molecule has 0 amide bonds. The molecular formula is C19H12F2N4O3. The van der Waals surface area contributed by atoms with Crippen molar-refractivity contribution < 1.29 is 18.7 Å². The molecule has 0 spiro atoms. The summed E-state index contributed by atoms with van der Waals surface area (Å²) in [6.45, 7) is -0.0768. The number of nitrogens with zero attached hydrogens (tertiary/aromatic N) is 4. The van der Waals surface area contributed by atoms with E-state index in [0.29, 0.717) is 11.5 Å². The molecule has 1 aromatic carbocycles. The highest BCUT2D eigenvalue weighted by Gasteiger charge is 2.20. The largest absolute Gasteiger partial charge is 0.477 e. The third-order valence-corrected chi connectivity index (χ3v) is 4.22. The Bertz CT molecular complexity index is 1270. The molecule has 4 rings (SSSR count). The first kappa shape index (κ1) is 17.5.